The second-order valence-corrected chi connectivity index (χ2v) is 6.09. The largest absolute Gasteiger partial charge is 0.248 e. The summed E-state index contributed by atoms with van der Waals surface area (Å²) in [5.74, 6) is 0.987. The molecule has 0 aromatic carbocycles. The molecule has 0 unspecified atom stereocenters. The van der Waals surface area contributed by atoms with E-state index in [1.165, 1.54) is 0 Å². The van der Waals surface area contributed by atoms with E-state index in [9.17, 15) is 4.21 Å². The molecule has 0 saturated carbocycles. The van der Waals surface area contributed by atoms with Gasteiger partial charge in [-0.1, -0.05) is 13.8 Å². The summed E-state index contributed by atoms with van der Waals surface area (Å²) in [4.78, 5) is 0. The van der Waals surface area contributed by atoms with Crippen LogP contribution < -0.4 is 0 Å². The van der Waals surface area contributed by atoms with Crippen molar-refractivity contribution >= 4 is 9.73 Å². The molecule has 68 valence electrons. The zero-order chi connectivity index (χ0) is 9.19. The van der Waals surface area contributed by atoms with Gasteiger partial charge < -0.3 is 0 Å². The molecule has 0 aromatic rings. The van der Waals surface area contributed by atoms with Crippen LogP contribution in [0.2, 0.25) is 0 Å². The summed E-state index contributed by atoms with van der Waals surface area (Å²) in [7, 11) is -2.18. The van der Waals surface area contributed by atoms with Gasteiger partial charge in [0.1, 0.15) is 0 Å². The van der Waals surface area contributed by atoms with Gasteiger partial charge in [-0.05, 0) is 18.8 Å². The van der Waals surface area contributed by atoms with Crippen molar-refractivity contribution in [1.29, 1.82) is 5.26 Å². The zero-order valence-electron chi connectivity index (χ0n) is 7.49. The van der Waals surface area contributed by atoms with E-state index in [0.717, 1.165) is 12.8 Å². The molecule has 12 heavy (non-hydrogen) atoms. The minimum absolute atomic E-state index is 0.136. The summed E-state index contributed by atoms with van der Waals surface area (Å²) in [5, 5.41) is 8.53. The Morgan fingerprint density at radius 1 is 1.67 bits per heavy atom. The van der Waals surface area contributed by atoms with Gasteiger partial charge in [-0.25, -0.2) is 4.21 Å². The molecule has 0 bridgehead atoms. The van der Waals surface area contributed by atoms with Crippen molar-refractivity contribution in [2.45, 2.75) is 31.9 Å². The fourth-order valence-corrected chi connectivity index (χ4v) is 4.40. The average molecular weight is 186 g/mol. The number of hydrogen-bond donors (Lipinski definition) is 0. The van der Waals surface area contributed by atoms with Gasteiger partial charge >= 0.3 is 0 Å². The number of nitrogens with zero attached hydrogens (tertiary/aromatic N) is 2. The van der Waals surface area contributed by atoms with Crippen LogP contribution >= 0.6 is 0 Å². The molecule has 0 aliphatic carbocycles. The van der Waals surface area contributed by atoms with Crippen molar-refractivity contribution in [3.63, 3.8) is 0 Å². The van der Waals surface area contributed by atoms with Crippen LogP contribution in [0.3, 0.4) is 0 Å². The van der Waals surface area contributed by atoms with E-state index in [2.05, 4.69) is 4.36 Å². The zero-order valence-corrected chi connectivity index (χ0v) is 8.30. The van der Waals surface area contributed by atoms with Gasteiger partial charge in [-0.2, -0.15) is 5.26 Å². The maximum atomic E-state index is 12.0. The standard InChI is InChI=1S/C8H14N2OS/c1-7(2)8-4-3-5-12(8,11)10-6-9/h7-8H,3-5H2,1-2H3/t8-,12-/m0/s1. The average Bonchev–Trinajstić information content (AvgIpc) is 2.32. The molecule has 0 aromatic heterocycles. The SMILES string of the molecule is CC(C)[C@@H]1CCC[S@@]1(=O)=NC#N. The van der Waals surface area contributed by atoms with Gasteiger partial charge in [-0.3, -0.25) is 0 Å². The smallest absolute Gasteiger partial charge is 0.214 e. The lowest BCUT2D eigenvalue weighted by atomic mass is 10.1. The Morgan fingerprint density at radius 3 is 2.83 bits per heavy atom. The van der Waals surface area contributed by atoms with E-state index in [0.29, 0.717) is 11.7 Å². The highest BCUT2D eigenvalue weighted by atomic mass is 32.2. The lowest BCUT2D eigenvalue weighted by molar-refractivity contribution is 0.569. The quantitative estimate of drug-likeness (QED) is 0.586. The minimum atomic E-state index is -2.18. The predicted molar refractivity (Wildman–Crippen MR) is 48.9 cm³/mol. The molecule has 2 atom stereocenters. The van der Waals surface area contributed by atoms with Gasteiger partial charge in [0.25, 0.3) is 0 Å². The molecule has 3 nitrogen and oxygen atoms in total. The van der Waals surface area contributed by atoms with Crippen LogP contribution in [-0.4, -0.2) is 15.2 Å². The molecule has 1 aliphatic heterocycles. The number of hydrogen-bond acceptors (Lipinski definition) is 3. The second-order valence-electron chi connectivity index (χ2n) is 3.51. The van der Waals surface area contributed by atoms with E-state index in [1.54, 1.807) is 6.19 Å². The summed E-state index contributed by atoms with van der Waals surface area (Å²) in [5.41, 5.74) is 0. The molecule has 0 spiro atoms. The Labute approximate surface area is 74.0 Å². The Hall–Kier alpha value is -0.560. The maximum absolute atomic E-state index is 12.0. The third kappa shape index (κ3) is 1.61. The second kappa shape index (κ2) is 3.44. The highest BCUT2D eigenvalue weighted by molar-refractivity contribution is 7.94. The van der Waals surface area contributed by atoms with E-state index < -0.39 is 9.73 Å². The normalized spacial score (nSPS) is 35.0. The first-order chi connectivity index (χ1) is 5.60. The molecule has 0 amide bonds. The third-order valence-corrected chi connectivity index (χ3v) is 5.33. The fraction of sp³-hybridized carbons (Fsp3) is 0.875. The Morgan fingerprint density at radius 2 is 2.33 bits per heavy atom. The van der Waals surface area contributed by atoms with Crippen molar-refractivity contribution in [2.24, 2.45) is 10.3 Å². The summed E-state index contributed by atoms with van der Waals surface area (Å²) >= 11 is 0. The van der Waals surface area contributed by atoms with Gasteiger partial charge in [0.05, 0.1) is 9.73 Å². The van der Waals surface area contributed by atoms with E-state index >= 15 is 0 Å². The highest BCUT2D eigenvalue weighted by Gasteiger charge is 2.31. The Bertz CT molecular complexity index is 308. The van der Waals surface area contributed by atoms with E-state index in [-0.39, 0.29) is 5.25 Å². The van der Waals surface area contributed by atoms with Crippen LogP contribution in [0.4, 0.5) is 0 Å². The summed E-state index contributed by atoms with van der Waals surface area (Å²) < 4.78 is 15.6. The third-order valence-electron chi connectivity index (χ3n) is 2.34. The van der Waals surface area contributed by atoms with Gasteiger partial charge in [0.2, 0.25) is 6.19 Å². The first-order valence-electron chi connectivity index (χ1n) is 4.22. The molecule has 1 rings (SSSR count). The minimum Gasteiger partial charge on any atom is -0.248 e. The Kier molecular flexibility index (Phi) is 2.73. The first kappa shape index (κ1) is 9.53. The molecule has 0 N–H and O–H groups in total. The molecule has 1 saturated heterocycles. The molecule has 0 radical (unpaired) electrons. The van der Waals surface area contributed by atoms with E-state index in [4.69, 9.17) is 5.26 Å². The molecule has 1 aliphatic rings. The molecular weight excluding hydrogens is 172 g/mol. The van der Waals surface area contributed by atoms with Crippen molar-refractivity contribution in [3.8, 4) is 6.19 Å². The molecule has 1 heterocycles. The maximum Gasteiger partial charge on any atom is 0.214 e. The number of nitriles is 1. The number of rotatable bonds is 1. The highest BCUT2D eigenvalue weighted by Crippen LogP contribution is 2.28. The van der Waals surface area contributed by atoms with Crippen molar-refractivity contribution in [2.75, 3.05) is 5.75 Å². The summed E-state index contributed by atoms with van der Waals surface area (Å²) in [6.07, 6.45) is 3.60. The van der Waals surface area contributed by atoms with Gasteiger partial charge in [0, 0.05) is 11.0 Å². The molecule has 1 fully saturated rings. The first-order valence-corrected chi connectivity index (χ1v) is 5.96. The van der Waals surface area contributed by atoms with Crippen LogP contribution in [0.1, 0.15) is 26.7 Å². The van der Waals surface area contributed by atoms with Gasteiger partial charge in [0.15, 0.2) is 0 Å². The topological polar surface area (TPSA) is 53.2 Å². The van der Waals surface area contributed by atoms with Crippen molar-refractivity contribution < 1.29 is 4.21 Å². The molecular formula is C8H14N2OS. The lowest BCUT2D eigenvalue weighted by Gasteiger charge is -2.15. The van der Waals surface area contributed by atoms with Crippen molar-refractivity contribution in [3.05, 3.63) is 0 Å². The monoisotopic (exact) mass is 186 g/mol. The molecule has 4 heteroatoms. The van der Waals surface area contributed by atoms with Crippen molar-refractivity contribution in [1.82, 2.24) is 0 Å². The fourth-order valence-electron chi connectivity index (χ4n) is 1.77. The van der Waals surface area contributed by atoms with Crippen LogP contribution in [0, 0.1) is 17.4 Å². The lowest BCUT2D eigenvalue weighted by Crippen LogP contribution is -2.21. The van der Waals surface area contributed by atoms with E-state index in [1.807, 2.05) is 13.8 Å². The predicted octanol–water partition coefficient (Wildman–Crippen LogP) is 1.75. The van der Waals surface area contributed by atoms with Gasteiger partial charge in [-0.15, -0.1) is 4.36 Å². The van der Waals surface area contributed by atoms with Crippen LogP contribution in [0.25, 0.3) is 0 Å². The summed E-state index contributed by atoms with van der Waals surface area (Å²) in [6, 6.07) is 0. The van der Waals surface area contributed by atoms with Crippen LogP contribution in [-0.2, 0) is 9.73 Å². The summed E-state index contributed by atoms with van der Waals surface area (Å²) in [6.45, 7) is 4.09. The van der Waals surface area contributed by atoms with Crippen LogP contribution in [0.5, 0.6) is 0 Å². The van der Waals surface area contributed by atoms with Crippen LogP contribution in [0.15, 0.2) is 4.36 Å². The Balaban J connectivity index is 3.00.